The number of benzene rings is 2. The van der Waals surface area contributed by atoms with Gasteiger partial charge in [-0.15, -0.1) is 11.3 Å². The van der Waals surface area contributed by atoms with Crippen molar-refractivity contribution in [2.45, 2.75) is 33.3 Å². The molecule has 0 bridgehead atoms. The fraction of sp³-hybridized carbons (Fsp3) is 0.273. The van der Waals surface area contributed by atoms with E-state index in [1.807, 2.05) is 18.2 Å². The second kappa shape index (κ2) is 9.43. The van der Waals surface area contributed by atoms with Crippen molar-refractivity contribution in [3.05, 3.63) is 64.0 Å². The van der Waals surface area contributed by atoms with Crippen molar-refractivity contribution in [3.8, 4) is 11.5 Å². The smallest absolute Gasteiger partial charge is 0.205 e. The van der Waals surface area contributed by atoms with Crippen LogP contribution in [0.25, 0.3) is 0 Å². The Hall–Kier alpha value is -3.06. The minimum atomic E-state index is 0.386. The van der Waals surface area contributed by atoms with E-state index in [9.17, 15) is 0 Å². The van der Waals surface area contributed by atoms with E-state index in [0.29, 0.717) is 23.5 Å². The summed E-state index contributed by atoms with van der Waals surface area (Å²) in [6, 6.07) is 12.2. The number of thiazole rings is 1. The molecule has 0 unspecified atom stereocenters. The third kappa shape index (κ3) is 5.48. The molecule has 0 atom stereocenters. The van der Waals surface area contributed by atoms with Crippen LogP contribution in [0.15, 0.2) is 46.9 Å². The Balaban J connectivity index is 1.75. The zero-order chi connectivity index (χ0) is 20.8. The Morgan fingerprint density at radius 2 is 2.03 bits per heavy atom. The topological polar surface area (TPSA) is 81.8 Å². The Morgan fingerprint density at radius 1 is 1.21 bits per heavy atom. The van der Waals surface area contributed by atoms with Gasteiger partial charge in [-0.05, 0) is 53.8 Å². The number of nitrogens with two attached hydrogens (primary N) is 1. The lowest BCUT2D eigenvalue weighted by atomic mass is 10.0. The van der Waals surface area contributed by atoms with Crippen molar-refractivity contribution >= 4 is 28.5 Å². The van der Waals surface area contributed by atoms with E-state index in [1.54, 1.807) is 18.7 Å². The number of hydrazone groups is 1. The molecule has 0 spiro atoms. The third-order valence-corrected chi connectivity index (χ3v) is 5.14. The summed E-state index contributed by atoms with van der Waals surface area (Å²) in [5.41, 5.74) is 12.7. The van der Waals surface area contributed by atoms with Gasteiger partial charge < -0.3 is 15.2 Å². The molecule has 0 radical (unpaired) electrons. The van der Waals surface area contributed by atoms with Crippen LogP contribution in [0.2, 0.25) is 0 Å². The van der Waals surface area contributed by atoms with Crippen molar-refractivity contribution in [2.75, 3.05) is 18.3 Å². The highest BCUT2D eigenvalue weighted by Gasteiger charge is 2.10. The predicted molar refractivity (Wildman–Crippen MR) is 120 cm³/mol. The van der Waals surface area contributed by atoms with Crippen molar-refractivity contribution in [3.63, 3.8) is 0 Å². The van der Waals surface area contributed by atoms with E-state index in [1.165, 1.54) is 22.5 Å². The van der Waals surface area contributed by atoms with E-state index in [4.69, 9.17) is 15.2 Å². The fourth-order valence-electron chi connectivity index (χ4n) is 2.89. The maximum atomic E-state index is 6.18. The van der Waals surface area contributed by atoms with Gasteiger partial charge in [0.1, 0.15) is 23.9 Å². The maximum absolute atomic E-state index is 6.18. The summed E-state index contributed by atoms with van der Waals surface area (Å²) in [5, 5.41) is 6.64. The Labute approximate surface area is 175 Å². The molecule has 0 aliphatic heterocycles. The summed E-state index contributed by atoms with van der Waals surface area (Å²) in [4.78, 5) is 4.11. The number of anilines is 2. The van der Waals surface area contributed by atoms with Crippen molar-refractivity contribution in [1.82, 2.24) is 4.98 Å². The monoisotopic (exact) mass is 410 g/mol. The van der Waals surface area contributed by atoms with Crippen LogP contribution in [-0.4, -0.2) is 18.3 Å². The molecule has 0 saturated heterocycles. The predicted octanol–water partition coefficient (Wildman–Crippen LogP) is 5.19. The third-order valence-electron chi connectivity index (χ3n) is 4.37. The van der Waals surface area contributed by atoms with Gasteiger partial charge in [0, 0.05) is 10.9 Å². The van der Waals surface area contributed by atoms with Gasteiger partial charge in [0.15, 0.2) is 0 Å². The Morgan fingerprint density at radius 3 is 2.72 bits per heavy atom. The Bertz CT molecular complexity index is 998. The average molecular weight is 411 g/mol. The molecule has 7 heteroatoms. The van der Waals surface area contributed by atoms with Crippen molar-refractivity contribution in [1.29, 1.82) is 0 Å². The molecule has 0 amide bonds. The second-order valence-corrected chi connectivity index (χ2v) is 7.86. The number of aryl methyl sites for hydroxylation is 1. The first kappa shape index (κ1) is 20.7. The van der Waals surface area contributed by atoms with Crippen LogP contribution >= 0.6 is 11.3 Å². The molecule has 3 N–H and O–H groups in total. The van der Waals surface area contributed by atoms with Gasteiger partial charge in [-0.1, -0.05) is 26.0 Å². The van der Waals surface area contributed by atoms with Gasteiger partial charge in [-0.2, -0.15) is 5.10 Å². The number of nitrogens with zero attached hydrogens (tertiary/aromatic N) is 2. The number of ether oxygens (including phenoxy) is 2. The molecule has 152 valence electrons. The molecule has 6 nitrogen and oxygen atoms in total. The second-order valence-electron chi connectivity index (χ2n) is 7.00. The minimum absolute atomic E-state index is 0.386. The molecule has 1 aromatic heterocycles. The quantitative estimate of drug-likeness (QED) is 0.394. The fourth-order valence-corrected chi connectivity index (χ4v) is 3.44. The summed E-state index contributed by atoms with van der Waals surface area (Å²) < 4.78 is 11.7. The molecule has 3 rings (SSSR count). The first-order valence-electron chi connectivity index (χ1n) is 9.36. The normalized spacial score (nSPS) is 11.2. The average Bonchev–Trinajstić information content (AvgIpc) is 3.11. The van der Waals surface area contributed by atoms with Gasteiger partial charge in [0.05, 0.1) is 13.3 Å². The van der Waals surface area contributed by atoms with Gasteiger partial charge in [-0.25, -0.2) is 4.98 Å². The lowest BCUT2D eigenvalue weighted by molar-refractivity contribution is 0.292. The van der Waals surface area contributed by atoms with E-state index in [0.717, 1.165) is 22.6 Å². The molecular formula is C22H26N4O2S. The SMILES string of the molecule is COc1ccc(C=NNc2nc(N)cs2)cc1COc1cc(C)ccc1C(C)C. The van der Waals surface area contributed by atoms with Crippen LogP contribution in [0.5, 0.6) is 11.5 Å². The number of aromatic nitrogens is 1. The van der Waals surface area contributed by atoms with Gasteiger partial charge in [0.2, 0.25) is 5.13 Å². The van der Waals surface area contributed by atoms with Crippen molar-refractivity contribution < 1.29 is 9.47 Å². The summed E-state index contributed by atoms with van der Waals surface area (Å²) >= 11 is 1.40. The molecule has 0 aliphatic carbocycles. The molecule has 29 heavy (non-hydrogen) atoms. The summed E-state index contributed by atoms with van der Waals surface area (Å²) in [6.45, 7) is 6.80. The number of hydrogen-bond acceptors (Lipinski definition) is 7. The van der Waals surface area contributed by atoms with Crippen LogP contribution in [-0.2, 0) is 6.61 Å². The van der Waals surface area contributed by atoms with Crippen LogP contribution < -0.4 is 20.6 Å². The van der Waals surface area contributed by atoms with Gasteiger partial charge in [0.25, 0.3) is 0 Å². The van der Waals surface area contributed by atoms with Crippen LogP contribution in [0, 0.1) is 6.92 Å². The summed E-state index contributed by atoms with van der Waals surface area (Å²) in [6.07, 6.45) is 1.73. The standard InChI is InChI=1S/C22H26N4O2S/c1-14(2)18-7-5-15(3)9-20(18)28-12-17-10-16(6-8-19(17)27-4)11-24-26-22-25-21(23)13-29-22/h5-11,13-14H,12,23H2,1-4H3,(H,25,26). The first-order chi connectivity index (χ1) is 14.0. The minimum Gasteiger partial charge on any atom is -0.496 e. The number of rotatable bonds is 8. The van der Waals surface area contributed by atoms with Gasteiger partial charge in [-0.3, -0.25) is 5.43 Å². The highest BCUT2D eigenvalue weighted by Crippen LogP contribution is 2.29. The largest absolute Gasteiger partial charge is 0.496 e. The molecular weight excluding hydrogens is 384 g/mol. The van der Waals surface area contributed by atoms with E-state index >= 15 is 0 Å². The lowest BCUT2D eigenvalue weighted by Crippen LogP contribution is -2.03. The number of hydrogen-bond donors (Lipinski definition) is 2. The zero-order valence-electron chi connectivity index (χ0n) is 17.1. The molecule has 0 fully saturated rings. The van der Waals surface area contributed by atoms with Gasteiger partial charge >= 0.3 is 0 Å². The highest BCUT2D eigenvalue weighted by atomic mass is 32.1. The van der Waals surface area contributed by atoms with E-state index in [-0.39, 0.29) is 0 Å². The highest BCUT2D eigenvalue weighted by molar-refractivity contribution is 7.14. The van der Waals surface area contributed by atoms with Crippen molar-refractivity contribution in [2.24, 2.45) is 5.10 Å². The van der Waals surface area contributed by atoms with Crippen LogP contribution in [0.1, 0.15) is 42.0 Å². The summed E-state index contributed by atoms with van der Waals surface area (Å²) in [5.74, 6) is 2.55. The molecule has 1 heterocycles. The molecule has 0 saturated carbocycles. The first-order valence-corrected chi connectivity index (χ1v) is 10.2. The van der Waals surface area contributed by atoms with Crippen LogP contribution in [0.3, 0.4) is 0 Å². The van der Waals surface area contributed by atoms with Crippen LogP contribution in [0.4, 0.5) is 10.9 Å². The summed E-state index contributed by atoms with van der Waals surface area (Å²) in [7, 11) is 1.66. The number of nitrogen functional groups attached to an aromatic ring is 1. The van der Waals surface area contributed by atoms with E-state index in [2.05, 4.69) is 54.5 Å². The molecule has 3 aromatic rings. The lowest BCUT2D eigenvalue weighted by Gasteiger charge is -2.16. The Kier molecular flexibility index (Phi) is 6.72. The maximum Gasteiger partial charge on any atom is 0.205 e. The number of methoxy groups -OCH3 is 1. The zero-order valence-corrected chi connectivity index (χ0v) is 17.9. The molecule has 0 aliphatic rings. The molecule has 2 aromatic carbocycles. The van der Waals surface area contributed by atoms with E-state index < -0.39 is 0 Å². The number of nitrogens with one attached hydrogen (secondary N) is 1.